The Morgan fingerprint density at radius 2 is 2.09 bits per heavy atom. The molecule has 5 nitrogen and oxygen atoms in total. The molecule has 1 N–H and O–H groups in total. The minimum absolute atomic E-state index is 0.459. The zero-order valence-corrected chi connectivity index (χ0v) is 7.30. The van der Waals surface area contributed by atoms with Gasteiger partial charge in [0.2, 0.25) is 0 Å². The first-order valence-corrected chi connectivity index (χ1v) is 3.53. The predicted molar refractivity (Wildman–Crippen MR) is 38.5 cm³/mol. The van der Waals surface area contributed by atoms with Gasteiger partial charge in [0.05, 0.1) is 19.2 Å². The number of ether oxygens (including phenoxy) is 1. The van der Waals surface area contributed by atoms with Gasteiger partial charge in [0.15, 0.2) is 0 Å². The highest BCUT2D eigenvalue weighted by atomic mass is 32.2. The lowest BCUT2D eigenvalue weighted by molar-refractivity contribution is -0.432. The normalized spacial score (nSPS) is 11.3. The molecule has 0 spiro atoms. The van der Waals surface area contributed by atoms with E-state index in [4.69, 9.17) is 5.26 Å². The summed E-state index contributed by atoms with van der Waals surface area (Å²) in [6, 6.07) is 0. The van der Waals surface area contributed by atoms with Gasteiger partial charge in [-0.05, 0) is 13.8 Å². The molecular formula is C5H10O5S. The molecule has 0 radical (unpaired) electrons. The molecule has 0 aliphatic carbocycles. The molecule has 0 aromatic carbocycles. The van der Waals surface area contributed by atoms with Crippen molar-refractivity contribution >= 4 is 18.0 Å². The third-order valence-electron chi connectivity index (χ3n) is 0.950. The SMILES string of the molecule is COC(=O)C(C)(C)SOOO. The van der Waals surface area contributed by atoms with E-state index in [1.807, 2.05) is 0 Å². The van der Waals surface area contributed by atoms with Gasteiger partial charge in [0, 0.05) is 0 Å². The van der Waals surface area contributed by atoms with Crippen molar-refractivity contribution < 1.29 is 24.2 Å². The smallest absolute Gasteiger partial charge is 0.323 e. The van der Waals surface area contributed by atoms with Crippen LogP contribution >= 0.6 is 12.0 Å². The molecule has 0 fully saturated rings. The van der Waals surface area contributed by atoms with Crippen molar-refractivity contribution in [3.63, 3.8) is 0 Å². The van der Waals surface area contributed by atoms with E-state index in [2.05, 4.69) is 14.1 Å². The van der Waals surface area contributed by atoms with Gasteiger partial charge in [-0.1, -0.05) is 5.04 Å². The maximum atomic E-state index is 10.9. The summed E-state index contributed by atoms with van der Waals surface area (Å²) in [5.74, 6) is -0.459. The van der Waals surface area contributed by atoms with E-state index < -0.39 is 10.7 Å². The Bertz CT molecular complexity index is 135. The molecular weight excluding hydrogens is 172 g/mol. The molecule has 0 aliphatic rings. The summed E-state index contributed by atoms with van der Waals surface area (Å²) in [4.78, 5) is 10.9. The summed E-state index contributed by atoms with van der Waals surface area (Å²) in [6.07, 6.45) is 0. The van der Waals surface area contributed by atoms with E-state index in [1.165, 1.54) is 7.11 Å². The van der Waals surface area contributed by atoms with Crippen LogP contribution in [0.4, 0.5) is 0 Å². The van der Waals surface area contributed by atoms with E-state index in [9.17, 15) is 4.79 Å². The molecule has 11 heavy (non-hydrogen) atoms. The van der Waals surface area contributed by atoms with Gasteiger partial charge >= 0.3 is 5.97 Å². The Morgan fingerprint density at radius 1 is 1.55 bits per heavy atom. The number of carbonyl (C=O) groups excluding carboxylic acids is 1. The van der Waals surface area contributed by atoms with Crippen LogP contribution in [0.2, 0.25) is 0 Å². The van der Waals surface area contributed by atoms with Crippen molar-refractivity contribution in [3.05, 3.63) is 0 Å². The Morgan fingerprint density at radius 3 is 2.45 bits per heavy atom. The van der Waals surface area contributed by atoms with Gasteiger partial charge in [-0.15, -0.1) is 4.33 Å². The molecule has 0 rings (SSSR count). The van der Waals surface area contributed by atoms with E-state index >= 15 is 0 Å². The van der Waals surface area contributed by atoms with Crippen LogP contribution in [-0.4, -0.2) is 23.1 Å². The number of methoxy groups -OCH3 is 1. The van der Waals surface area contributed by atoms with E-state index in [0.717, 1.165) is 0 Å². The zero-order valence-electron chi connectivity index (χ0n) is 6.49. The lowest BCUT2D eigenvalue weighted by atomic mass is 10.2. The van der Waals surface area contributed by atoms with Gasteiger partial charge in [-0.25, -0.2) is 5.26 Å². The molecule has 0 aromatic heterocycles. The Balaban J connectivity index is 3.88. The molecule has 66 valence electrons. The molecule has 0 aromatic rings. The summed E-state index contributed by atoms with van der Waals surface area (Å²) < 4.78 is 7.64. The van der Waals surface area contributed by atoms with Crippen LogP contribution in [0.3, 0.4) is 0 Å². The first kappa shape index (κ1) is 10.7. The van der Waals surface area contributed by atoms with E-state index in [1.54, 1.807) is 13.8 Å². The molecule has 0 heterocycles. The second-order valence-corrected chi connectivity index (χ2v) is 3.55. The fourth-order valence-electron chi connectivity index (χ4n) is 0.380. The van der Waals surface area contributed by atoms with Crippen molar-refractivity contribution in [2.45, 2.75) is 18.6 Å². The highest BCUT2D eigenvalue weighted by Crippen LogP contribution is 2.26. The monoisotopic (exact) mass is 182 g/mol. The number of rotatable bonds is 4. The fraction of sp³-hybridized carbons (Fsp3) is 0.800. The van der Waals surface area contributed by atoms with Crippen LogP contribution in [0.15, 0.2) is 0 Å². The first-order valence-electron chi connectivity index (χ1n) is 2.79. The molecule has 0 atom stereocenters. The van der Waals surface area contributed by atoms with Gasteiger partial charge < -0.3 is 4.74 Å². The summed E-state index contributed by atoms with van der Waals surface area (Å²) in [6.45, 7) is 3.14. The summed E-state index contributed by atoms with van der Waals surface area (Å²) in [7, 11) is 1.27. The second-order valence-electron chi connectivity index (χ2n) is 2.23. The average Bonchev–Trinajstić information content (AvgIpc) is 1.99. The predicted octanol–water partition coefficient (Wildman–Crippen LogP) is 1.01. The van der Waals surface area contributed by atoms with Crippen molar-refractivity contribution in [2.24, 2.45) is 0 Å². The average molecular weight is 182 g/mol. The lowest BCUT2D eigenvalue weighted by Gasteiger charge is -2.16. The van der Waals surface area contributed by atoms with Crippen LogP contribution in [0.25, 0.3) is 0 Å². The lowest BCUT2D eigenvalue weighted by Crippen LogP contribution is -2.29. The van der Waals surface area contributed by atoms with Gasteiger partial charge in [-0.2, -0.15) is 0 Å². The van der Waals surface area contributed by atoms with Crippen molar-refractivity contribution in [2.75, 3.05) is 7.11 Å². The van der Waals surface area contributed by atoms with Crippen LogP contribution in [-0.2, 0) is 18.9 Å². The van der Waals surface area contributed by atoms with Crippen LogP contribution in [0, 0.1) is 0 Å². The fourth-order valence-corrected chi connectivity index (χ4v) is 0.732. The standard InChI is InChI=1S/C5H10O5S/c1-5(2,4(6)8-3)11-10-9-7/h7H,1-3H3. The number of carbonyl (C=O) groups is 1. The van der Waals surface area contributed by atoms with E-state index in [-0.39, 0.29) is 0 Å². The number of esters is 1. The van der Waals surface area contributed by atoms with Crippen LogP contribution < -0.4 is 0 Å². The first-order chi connectivity index (χ1) is 5.04. The van der Waals surface area contributed by atoms with Crippen LogP contribution in [0.1, 0.15) is 13.8 Å². The topological polar surface area (TPSA) is 65.0 Å². The van der Waals surface area contributed by atoms with Gasteiger partial charge in [0.25, 0.3) is 0 Å². The minimum atomic E-state index is -0.891. The van der Waals surface area contributed by atoms with Crippen molar-refractivity contribution in [1.29, 1.82) is 0 Å². The number of hydrogen-bond donors (Lipinski definition) is 1. The molecule has 0 amide bonds. The molecule has 0 bridgehead atoms. The molecule has 6 heteroatoms. The maximum absolute atomic E-state index is 10.9. The van der Waals surface area contributed by atoms with Crippen molar-refractivity contribution in [1.82, 2.24) is 0 Å². The van der Waals surface area contributed by atoms with Gasteiger partial charge in [0.1, 0.15) is 4.75 Å². The maximum Gasteiger partial charge on any atom is 0.323 e. The second kappa shape index (κ2) is 4.55. The largest absolute Gasteiger partial charge is 0.468 e. The molecule has 0 saturated carbocycles. The molecule has 0 saturated heterocycles. The number of hydrogen-bond acceptors (Lipinski definition) is 6. The Kier molecular flexibility index (Phi) is 4.43. The minimum Gasteiger partial charge on any atom is -0.468 e. The summed E-state index contributed by atoms with van der Waals surface area (Å²) >= 11 is 0.665. The quantitative estimate of drug-likeness (QED) is 0.303. The third-order valence-corrected chi connectivity index (χ3v) is 1.66. The molecule has 0 unspecified atom stereocenters. The van der Waals surface area contributed by atoms with Gasteiger partial charge in [-0.3, -0.25) is 4.79 Å². The Hall–Kier alpha value is -0.300. The highest BCUT2D eigenvalue weighted by Gasteiger charge is 2.31. The zero-order chi connectivity index (χ0) is 8.91. The summed E-state index contributed by atoms with van der Waals surface area (Å²) in [5.41, 5.74) is 0. The third kappa shape index (κ3) is 3.57. The highest BCUT2D eigenvalue weighted by molar-refractivity contribution is 7.96. The molecule has 0 aliphatic heterocycles. The summed E-state index contributed by atoms with van der Waals surface area (Å²) in [5, 5.41) is 11.1. The van der Waals surface area contributed by atoms with E-state index in [0.29, 0.717) is 12.0 Å². The Labute approximate surface area is 68.7 Å². The van der Waals surface area contributed by atoms with Crippen LogP contribution in [0.5, 0.6) is 0 Å². The van der Waals surface area contributed by atoms with Crippen molar-refractivity contribution in [3.8, 4) is 0 Å².